The Kier molecular flexibility index (Phi) is 4.84. The van der Waals surface area contributed by atoms with Crippen molar-refractivity contribution in [2.24, 2.45) is 0 Å². The van der Waals surface area contributed by atoms with E-state index in [-0.39, 0.29) is 6.04 Å². The number of hydrogen-bond acceptors (Lipinski definition) is 4. The van der Waals surface area contributed by atoms with Gasteiger partial charge in [0.2, 0.25) is 0 Å². The molecule has 0 bridgehead atoms. The quantitative estimate of drug-likeness (QED) is 0.814. The van der Waals surface area contributed by atoms with Gasteiger partial charge in [-0.15, -0.1) is 0 Å². The zero-order chi connectivity index (χ0) is 12.8. The second kappa shape index (κ2) is 6.61. The van der Waals surface area contributed by atoms with Gasteiger partial charge in [0.15, 0.2) is 11.5 Å². The lowest BCUT2D eigenvalue weighted by Gasteiger charge is -2.16. The van der Waals surface area contributed by atoms with Crippen LogP contribution in [0.15, 0.2) is 18.2 Å². The van der Waals surface area contributed by atoms with E-state index in [0.29, 0.717) is 0 Å². The molecule has 0 fully saturated rings. The van der Waals surface area contributed by atoms with Crippen LogP contribution in [0.1, 0.15) is 24.9 Å². The van der Waals surface area contributed by atoms with E-state index in [1.807, 2.05) is 6.07 Å². The van der Waals surface area contributed by atoms with Crippen molar-refractivity contribution in [2.45, 2.75) is 19.4 Å². The average Bonchev–Trinajstić information content (AvgIpc) is 2.63. The summed E-state index contributed by atoms with van der Waals surface area (Å²) in [6, 6.07) is 6.41. The maximum absolute atomic E-state index is 5.69. The standard InChI is InChI=1S/C14H21NO3/c1-11(15-6-9-16-2)12-4-5-13-14(10-12)18-8-3-7-17-13/h4-5,10-11,15H,3,6-9H2,1-2H3. The first-order valence-corrected chi connectivity index (χ1v) is 6.43. The summed E-state index contributed by atoms with van der Waals surface area (Å²) >= 11 is 0. The predicted molar refractivity (Wildman–Crippen MR) is 70.3 cm³/mol. The Balaban J connectivity index is 2.02. The van der Waals surface area contributed by atoms with Crippen molar-refractivity contribution in [3.8, 4) is 11.5 Å². The fraction of sp³-hybridized carbons (Fsp3) is 0.571. The molecule has 4 nitrogen and oxygen atoms in total. The van der Waals surface area contributed by atoms with Crippen molar-refractivity contribution in [3.05, 3.63) is 23.8 Å². The first-order valence-electron chi connectivity index (χ1n) is 6.43. The number of hydrogen-bond donors (Lipinski definition) is 1. The topological polar surface area (TPSA) is 39.7 Å². The fourth-order valence-electron chi connectivity index (χ4n) is 1.94. The maximum atomic E-state index is 5.69. The van der Waals surface area contributed by atoms with E-state index in [0.717, 1.165) is 44.3 Å². The van der Waals surface area contributed by atoms with E-state index in [2.05, 4.69) is 24.4 Å². The van der Waals surface area contributed by atoms with Gasteiger partial charge in [-0.1, -0.05) is 6.07 Å². The molecule has 100 valence electrons. The molecular formula is C14H21NO3. The summed E-state index contributed by atoms with van der Waals surface area (Å²) in [5, 5.41) is 3.40. The lowest BCUT2D eigenvalue weighted by atomic mass is 10.1. The Morgan fingerprint density at radius 2 is 2.06 bits per heavy atom. The number of ether oxygens (including phenoxy) is 3. The van der Waals surface area contributed by atoms with Crippen LogP contribution in [0.3, 0.4) is 0 Å². The molecule has 4 heteroatoms. The van der Waals surface area contributed by atoms with E-state index >= 15 is 0 Å². The highest BCUT2D eigenvalue weighted by Crippen LogP contribution is 2.32. The Bertz CT molecular complexity index is 381. The summed E-state index contributed by atoms with van der Waals surface area (Å²) in [4.78, 5) is 0. The number of nitrogens with one attached hydrogen (secondary N) is 1. The predicted octanol–water partition coefficient (Wildman–Crippen LogP) is 2.14. The molecule has 1 atom stereocenters. The normalized spacial score (nSPS) is 16.1. The van der Waals surface area contributed by atoms with Gasteiger partial charge < -0.3 is 19.5 Å². The number of benzene rings is 1. The number of rotatable bonds is 5. The fourth-order valence-corrected chi connectivity index (χ4v) is 1.94. The van der Waals surface area contributed by atoms with Crippen LogP contribution in [0.4, 0.5) is 0 Å². The summed E-state index contributed by atoms with van der Waals surface area (Å²) in [5.41, 5.74) is 1.20. The van der Waals surface area contributed by atoms with Gasteiger partial charge in [-0.05, 0) is 24.6 Å². The zero-order valence-corrected chi connectivity index (χ0v) is 11.1. The van der Waals surface area contributed by atoms with Crippen LogP contribution in [0, 0.1) is 0 Å². The third-order valence-corrected chi connectivity index (χ3v) is 3.03. The molecule has 1 aromatic carbocycles. The zero-order valence-electron chi connectivity index (χ0n) is 11.1. The molecule has 0 aliphatic carbocycles. The van der Waals surface area contributed by atoms with Crippen molar-refractivity contribution < 1.29 is 14.2 Å². The van der Waals surface area contributed by atoms with Crippen LogP contribution in [-0.2, 0) is 4.74 Å². The van der Waals surface area contributed by atoms with E-state index in [1.165, 1.54) is 5.56 Å². The molecule has 1 aliphatic rings. The van der Waals surface area contributed by atoms with E-state index in [9.17, 15) is 0 Å². The van der Waals surface area contributed by atoms with Crippen molar-refractivity contribution >= 4 is 0 Å². The minimum Gasteiger partial charge on any atom is -0.490 e. The lowest BCUT2D eigenvalue weighted by Crippen LogP contribution is -2.22. The molecule has 18 heavy (non-hydrogen) atoms. The molecule has 1 unspecified atom stereocenters. The molecule has 1 aromatic rings. The summed E-state index contributed by atoms with van der Waals surface area (Å²) in [6.07, 6.45) is 0.936. The smallest absolute Gasteiger partial charge is 0.161 e. The monoisotopic (exact) mass is 251 g/mol. The highest BCUT2D eigenvalue weighted by Gasteiger charge is 2.13. The van der Waals surface area contributed by atoms with Gasteiger partial charge in [-0.25, -0.2) is 0 Å². The third kappa shape index (κ3) is 3.37. The van der Waals surface area contributed by atoms with E-state index in [1.54, 1.807) is 7.11 Å². The molecule has 0 spiro atoms. The van der Waals surface area contributed by atoms with E-state index in [4.69, 9.17) is 14.2 Å². The summed E-state index contributed by atoms with van der Waals surface area (Å²) in [6.45, 7) is 5.14. The second-order valence-electron chi connectivity index (χ2n) is 4.43. The van der Waals surface area contributed by atoms with Crippen molar-refractivity contribution in [1.82, 2.24) is 5.32 Å². The minimum atomic E-state index is 0.275. The molecule has 1 N–H and O–H groups in total. The molecule has 0 radical (unpaired) electrons. The van der Waals surface area contributed by atoms with Gasteiger partial charge in [0.1, 0.15) is 0 Å². The average molecular weight is 251 g/mol. The number of fused-ring (bicyclic) bond motifs is 1. The summed E-state index contributed by atoms with van der Waals surface area (Å²) in [5.74, 6) is 1.70. The van der Waals surface area contributed by atoms with Crippen LogP contribution >= 0.6 is 0 Å². The minimum absolute atomic E-state index is 0.275. The lowest BCUT2D eigenvalue weighted by molar-refractivity contribution is 0.196. The Labute approximate surface area is 108 Å². The molecular weight excluding hydrogens is 230 g/mol. The van der Waals surface area contributed by atoms with Crippen LogP contribution in [0.25, 0.3) is 0 Å². The second-order valence-corrected chi connectivity index (χ2v) is 4.43. The van der Waals surface area contributed by atoms with Crippen LogP contribution < -0.4 is 14.8 Å². The Hall–Kier alpha value is -1.26. The third-order valence-electron chi connectivity index (χ3n) is 3.03. The SMILES string of the molecule is COCCNC(C)c1ccc2c(c1)OCCCO2. The van der Waals surface area contributed by atoms with Gasteiger partial charge in [0.05, 0.1) is 19.8 Å². The molecule has 0 saturated heterocycles. The van der Waals surface area contributed by atoms with Gasteiger partial charge in [0.25, 0.3) is 0 Å². The molecule has 2 rings (SSSR count). The van der Waals surface area contributed by atoms with Crippen molar-refractivity contribution in [1.29, 1.82) is 0 Å². The largest absolute Gasteiger partial charge is 0.490 e. The van der Waals surface area contributed by atoms with Crippen LogP contribution in [0.5, 0.6) is 11.5 Å². The van der Waals surface area contributed by atoms with Crippen LogP contribution in [0.2, 0.25) is 0 Å². The van der Waals surface area contributed by atoms with Gasteiger partial charge in [-0.2, -0.15) is 0 Å². The molecule has 1 aliphatic heterocycles. The summed E-state index contributed by atoms with van der Waals surface area (Å²) in [7, 11) is 1.71. The first-order chi connectivity index (χ1) is 8.81. The van der Waals surface area contributed by atoms with Crippen molar-refractivity contribution in [3.63, 3.8) is 0 Å². The highest BCUT2D eigenvalue weighted by atomic mass is 16.5. The van der Waals surface area contributed by atoms with Gasteiger partial charge in [-0.3, -0.25) is 0 Å². The summed E-state index contributed by atoms with van der Waals surface area (Å²) < 4.78 is 16.3. The van der Waals surface area contributed by atoms with Gasteiger partial charge in [0, 0.05) is 26.1 Å². The molecule has 0 aromatic heterocycles. The maximum Gasteiger partial charge on any atom is 0.161 e. The molecule has 1 heterocycles. The van der Waals surface area contributed by atoms with E-state index < -0.39 is 0 Å². The highest BCUT2D eigenvalue weighted by molar-refractivity contribution is 5.44. The Morgan fingerprint density at radius 1 is 1.28 bits per heavy atom. The Morgan fingerprint density at radius 3 is 2.83 bits per heavy atom. The van der Waals surface area contributed by atoms with Crippen LogP contribution in [-0.4, -0.2) is 33.5 Å². The van der Waals surface area contributed by atoms with Crippen molar-refractivity contribution in [2.75, 3.05) is 33.5 Å². The molecule has 0 amide bonds. The van der Waals surface area contributed by atoms with Gasteiger partial charge >= 0.3 is 0 Å². The molecule has 0 saturated carbocycles. The first kappa shape index (κ1) is 13.2. The number of methoxy groups -OCH3 is 1.